The number of nitrogens with one attached hydrogen (secondary N) is 1. The van der Waals surface area contributed by atoms with Crippen LogP contribution in [-0.2, 0) is 9.53 Å². The van der Waals surface area contributed by atoms with Crippen LogP contribution in [0.15, 0.2) is 6.20 Å². The lowest BCUT2D eigenvalue weighted by Crippen LogP contribution is -2.43. The van der Waals surface area contributed by atoms with Gasteiger partial charge in [0.25, 0.3) is 5.91 Å². The molecule has 0 spiro atoms. The summed E-state index contributed by atoms with van der Waals surface area (Å²) in [6.45, 7) is 8.74. The molecule has 2 atom stereocenters. The van der Waals surface area contributed by atoms with Gasteiger partial charge < -0.3 is 19.7 Å². The first-order valence-corrected chi connectivity index (χ1v) is 11.2. The van der Waals surface area contributed by atoms with Crippen molar-refractivity contribution in [1.82, 2.24) is 14.9 Å². The van der Waals surface area contributed by atoms with Crippen molar-refractivity contribution in [2.45, 2.75) is 83.9 Å². The number of aromatic nitrogens is 2. The van der Waals surface area contributed by atoms with Crippen LogP contribution in [0, 0.1) is 11.8 Å². The Morgan fingerprint density at radius 2 is 2.00 bits per heavy atom. The predicted molar refractivity (Wildman–Crippen MR) is 117 cm³/mol. The van der Waals surface area contributed by atoms with Gasteiger partial charge in [-0.1, -0.05) is 20.8 Å². The van der Waals surface area contributed by atoms with Gasteiger partial charge in [0.15, 0.2) is 0 Å². The molecular weight excluding hydrogens is 380 g/mol. The highest BCUT2D eigenvalue weighted by molar-refractivity contribution is 5.98. The Kier molecular flexibility index (Phi) is 7.45. The monoisotopic (exact) mass is 416 g/mol. The maximum absolute atomic E-state index is 13.6. The Hall–Kier alpha value is -2.02. The van der Waals surface area contributed by atoms with E-state index in [2.05, 4.69) is 24.1 Å². The van der Waals surface area contributed by atoms with Gasteiger partial charge in [-0.3, -0.25) is 4.79 Å². The zero-order valence-corrected chi connectivity index (χ0v) is 18.9. The SMILES string of the molecule is COC1CC(Nc2nc(C3CC3)ncc2C(=O)N(CC(C)C)[C@H](C)C[C@H](C)C=O)C1. The van der Waals surface area contributed by atoms with Crippen molar-refractivity contribution < 1.29 is 14.3 Å². The van der Waals surface area contributed by atoms with E-state index < -0.39 is 0 Å². The van der Waals surface area contributed by atoms with Gasteiger partial charge in [0, 0.05) is 43.8 Å². The third-order valence-electron chi connectivity index (χ3n) is 6.05. The van der Waals surface area contributed by atoms with E-state index >= 15 is 0 Å². The first-order valence-electron chi connectivity index (χ1n) is 11.2. The number of carbonyl (C=O) groups is 2. The minimum Gasteiger partial charge on any atom is -0.381 e. The molecule has 1 aromatic heterocycles. The van der Waals surface area contributed by atoms with E-state index in [-0.39, 0.29) is 30.0 Å². The lowest BCUT2D eigenvalue weighted by molar-refractivity contribution is -0.111. The summed E-state index contributed by atoms with van der Waals surface area (Å²) >= 11 is 0. The fraction of sp³-hybridized carbons (Fsp3) is 0.739. The molecule has 1 N–H and O–H groups in total. The standard InChI is InChI=1S/C23H36N4O3/c1-14(2)12-27(16(4)8-15(3)13-28)23(29)20-11-24-21(17-6-7-17)26-22(20)25-18-9-19(10-18)30-5/h11,13-19H,6-10,12H2,1-5H3,(H,24,25,26)/t15-,16+,18?,19?/m0/s1. The van der Waals surface area contributed by atoms with Gasteiger partial charge in [0.1, 0.15) is 23.5 Å². The summed E-state index contributed by atoms with van der Waals surface area (Å²) in [6.07, 6.45) is 7.62. The molecule has 0 aromatic carbocycles. The molecular formula is C23H36N4O3. The van der Waals surface area contributed by atoms with Gasteiger partial charge in [-0.15, -0.1) is 0 Å². The summed E-state index contributed by atoms with van der Waals surface area (Å²) in [7, 11) is 1.73. The number of rotatable bonds is 11. The number of aldehydes is 1. The minimum atomic E-state index is -0.0884. The van der Waals surface area contributed by atoms with E-state index in [0.29, 0.717) is 36.2 Å². The van der Waals surface area contributed by atoms with E-state index in [4.69, 9.17) is 9.72 Å². The fourth-order valence-electron chi connectivity index (χ4n) is 4.00. The van der Waals surface area contributed by atoms with Gasteiger partial charge in [-0.25, -0.2) is 9.97 Å². The molecule has 2 aliphatic carbocycles. The van der Waals surface area contributed by atoms with Gasteiger partial charge in [-0.05, 0) is 44.9 Å². The second-order valence-electron chi connectivity index (χ2n) is 9.48. The van der Waals surface area contributed by atoms with Crippen LogP contribution in [0.5, 0.6) is 0 Å². The average Bonchev–Trinajstić information content (AvgIpc) is 3.52. The van der Waals surface area contributed by atoms with E-state index in [0.717, 1.165) is 37.8 Å². The Labute approximate surface area is 180 Å². The molecule has 3 rings (SSSR count). The Balaban J connectivity index is 1.84. The second-order valence-corrected chi connectivity index (χ2v) is 9.48. The molecule has 0 aliphatic heterocycles. The smallest absolute Gasteiger partial charge is 0.259 e. The molecule has 2 aliphatic rings. The molecule has 2 saturated carbocycles. The number of hydrogen-bond acceptors (Lipinski definition) is 6. The van der Waals surface area contributed by atoms with Crippen molar-refractivity contribution in [2.75, 3.05) is 19.0 Å². The third-order valence-corrected chi connectivity index (χ3v) is 6.05. The van der Waals surface area contributed by atoms with Gasteiger partial charge in [-0.2, -0.15) is 0 Å². The first kappa shape index (κ1) is 22.7. The van der Waals surface area contributed by atoms with Gasteiger partial charge in [0.2, 0.25) is 0 Å². The largest absolute Gasteiger partial charge is 0.381 e. The van der Waals surface area contributed by atoms with Crippen LogP contribution < -0.4 is 5.32 Å². The maximum Gasteiger partial charge on any atom is 0.259 e. The van der Waals surface area contributed by atoms with Crippen LogP contribution in [0.3, 0.4) is 0 Å². The molecule has 1 aromatic rings. The molecule has 1 amide bonds. The molecule has 166 valence electrons. The Morgan fingerprint density at radius 1 is 1.30 bits per heavy atom. The molecule has 0 unspecified atom stereocenters. The first-order chi connectivity index (χ1) is 14.3. The highest BCUT2D eigenvalue weighted by Gasteiger charge is 2.34. The lowest BCUT2D eigenvalue weighted by Gasteiger charge is -2.36. The number of carbonyl (C=O) groups excluding carboxylic acids is 2. The summed E-state index contributed by atoms with van der Waals surface area (Å²) in [5.74, 6) is 2.05. The number of amides is 1. The van der Waals surface area contributed by atoms with Crippen molar-refractivity contribution in [1.29, 1.82) is 0 Å². The van der Waals surface area contributed by atoms with Gasteiger partial charge in [0.05, 0.1) is 6.10 Å². The fourth-order valence-corrected chi connectivity index (χ4v) is 4.00. The Bertz CT molecular complexity index is 744. The van der Waals surface area contributed by atoms with Crippen molar-refractivity contribution in [3.05, 3.63) is 17.6 Å². The molecule has 7 heteroatoms. The van der Waals surface area contributed by atoms with E-state index in [9.17, 15) is 9.59 Å². The highest BCUT2D eigenvalue weighted by atomic mass is 16.5. The zero-order valence-electron chi connectivity index (χ0n) is 18.9. The minimum absolute atomic E-state index is 0.0439. The highest BCUT2D eigenvalue weighted by Crippen LogP contribution is 2.39. The summed E-state index contributed by atoms with van der Waals surface area (Å²) < 4.78 is 5.39. The molecule has 1 heterocycles. The molecule has 7 nitrogen and oxygen atoms in total. The quantitative estimate of drug-likeness (QED) is 0.554. The van der Waals surface area contributed by atoms with Crippen LogP contribution in [0.4, 0.5) is 5.82 Å². The lowest BCUT2D eigenvalue weighted by atomic mass is 9.89. The molecule has 30 heavy (non-hydrogen) atoms. The van der Waals surface area contributed by atoms with Crippen LogP contribution in [0.1, 0.15) is 81.9 Å². The van der Waals surface area contributed by atoms with Crippen LogP contribution in [0.25, 0.3) is 0 Å². The zero-order chi connectivity index (χ0) is 21.8. The molecule has 2 fully saturated rings. The number of ether oxygens (including phenoxy) is 1. The molecule has 0 radical (unpaired) electrons. The van der Waals surface area contributed by atoms with Crippen LogP contribution >= 0.6 is 0 Å². The van der Waals surface area contributed by atoms with Crippen molar-refractivity contribution in [3.8, 4) is 0 Å². The summed E-state index contributed by atoms with van der Waals surface area (Å²) in [5, 5.41) is 3.48. The molecule has 0 saturated heterocycles. The third kappa shape index (κ3) is 5.56. The second kappa shape index (κ2) is 9.86. The topological polar surface area (TPSA) is 84.4 Å². The number of nitrogens with zero attached hydrogens (tertiary/aromatic N) is 3. The van der Waals surface area contributed by atoms with Crippen molar-refractivity contribution >= 4 is 18.0 Å². The predicted octanol–water partition coefficient (Wildman–Crippen LogP) is 3.66. The summed E-state index contributed by atoms with van der Waals surface area (Å²) in [5.41, 5.74) is 0.520. The summed E-state index contributed by atoms with van der Waals surface area (Å²) in [4.78, 5) is 35.9. The van der Waals surface area contributed by atoms with Crippen molar-refractivity contribution in [2.24, 2.45) is 11.8 Å². The number of hydrogen-bond donors (Lipinski definition) is 1. The van der Waals surface area contributed by atoms with E-state index in [1.807, 2.05) is 18.7 Å². The summed E-state index contributed by atoms with van der Waals surface area (Å²) in [6, 6.07) is 0.215. The van der Waals surface area contributed by atoms with E-state index in [1.165, 1.54) is 0 Å². The average molecular weight is 417 g/mol. The number of anilines is 1. The molecule has 0 bridgehead atoms. The van der Waals surface area contributed by atoms with Crippen LogP contribution in [-0.4, -0.2) is 58.9 Å². The maximum atomic E-state index is 13.6. The van der Waals surface area contributed by atoms with E-state index in [1.54, 1.807) is 13.3 Å². The normalized spacial score (nSPS) is 22.9. The van der Waals surface area contributed by atoms with Crippen molar-refractivity contribution in [3.63, 3.8) is 0 Å². The number of methoxy groups -OCH3 is 1. The van der Waals surface area contributed by atoms with Crippen LogP contribution in [0.2, 0.25) is 0 Å². The Morgan fingerprint density at radius 3 is 2.57 bits per heavy atom. The van der Waals surface area contributed by atoms with Gasteiger partial charge >= 0.3 is 0 Å².